The van der Waals surface area contributed by atoms with E-state index in [1.165, 1.54) is 12.1 Å². The average Bonchev–Trinajstić information content (AvgIpc) is 2.57. The Labute approximate surface area is 105 Å². The van der Waals surface area contributed by atoms with Crippen molar-refractivity contribution in [1.29, 1.82) is 0 Å². The van der Waals surface area contributed by atoms with E-state index in [-0.39, 0.29) is 18.0 Å². The van der Waals surface area contributed by atoms with Crippen LogP contribution in [-0.2, 0) is 6.42 Å². The maximum atomic E-state index is 13.1. The molecule has 0 radical (unpaired) electrons. The second kappa shape index (κ2) is 4.42. The van der Waals surface area contributed by atoms with Crippen LogP contribution in [-0.4, -0.2) is 18.7 Å². The molecular formula is C12H14ClF2NO. The molecule has 17 heavy (non-hydrogen) atoms. The van der Waals surface area contributed by atoms with E-state index in [1.54, 1.807) is 0 Å². The van der Waals surface area contributed by atoms with E-state index in [0.717, 1.165) is 31.5 Å². The highest BCUT2D eigenvalue weighted by Gasteiger charge is 2.40. The standard InChI is InChI=1S/C12H13F2NO.ClH/c13-9-5-8-7-12(1-3-15-4-2-12)16-11(8)6-10(9)14;/h5-6,15H,1-4,7H2;1H. The highest BCUT2D eigenvalue weighted by Crippen LogP contribution is 2.40. The molecule has 0 atom stereocenters. The van der Waals surface area contributed by atoms with Crippen molar-refractivity contribution in [1.82, 2.24) is 5.32 Å². The first-order valence-corrected chi connectivity index (χ1v) is 5.56. The van der Waals surface area contributed by atoms with Crippen LogP contribution < -0.4 is 10.1 Å². The van der Waals surface area contributed by atoms with Crippen molar-refractivity contribution in [2.75, 3.05) is 13.1 Å². The highest BCUT2D eigenvalue weighted by molar-refractivity contribution is 5.85. The zero-order chi connectivity index (χ0) is 11.2. The summed E-state index contributed by atoms with van der Waals surface area (Å²) in [5.41, 5.74) is 0.564. The maximum Gasteiger partial charge on any atom is 0.162 e. The van der Waals surface area contributed by atoms with E-state index >= 15 is 0 Å². The minimum absolute atomic E-state index is 0. The minimum Gasteiger partial charge on any atom is -0.486 e. The van der Waals surface area contributed by atoms with Crippen LogP contribution in [0.1, 0.15) is 18.4 Å². The molecule has 1 fully saturated rings. The second-order valence-corrected chi connectivity index (χ2v) is 4.59. The Morgan fingerprint density at radius 2 is 1.76 bits per heavy atom. The van der Waals surface area contributed by atoms with E-state index in [4.69, 9.17) is 4.74 Å². The van der Waals surface area contributed by atoms with Gasteiger partial charge in [-0.3, -0.25) is 0 Å². The van der Waals surface area contributed by atoms with Crippen LogP contribution in [0, 0.1) is 11.6 Å². The molecule has 0 amide bonds. The summed E-state index contributed by atoms with van der Waals surface area (Å²) >= 11 is 0. The van der Waals surface area contributed by atoms with Gasteiger partial charge in [0.25, 0.3) is 0 Å². The molecule has 1 aromatic carbocycles. The van der Waals surface area contributed by atoms with Gasteiger partial charge in [0, 0.05) is 18.1 Å². The Bertz CT molecular complexity index is 400. The fourth-order valence-electron chi connectivity index (χ4n) is 2.58. The van der Waals surface area contributed by atoms with Gasteiger partial charge in [0.05, 0.1) is 0 Å². The van der Waals surface area contributed by atoms with Crippen molar-refractivity contribution in [3.8, 4) is 5.75 Å². The Balaban J connectivity index is 0.00000108. The van der Waals surface area contributed by atoms with Crippen LogP contribution in [0.25, 0.3) is 0 Å². The molecule has 5 heteroatoms. The number of ether oxygens (including phenoxy) is 1. The van der Waals surface area contributed by atoms with Crippen molar-refractivity contribution >= 4 is 12.4 Å². The van der Waals surface area contributed by atoms with Crippen LogP contribution in [0.2, 0.25) is 0 Å². The molecule has 0 aliphatic carbocycles. The number of hydrogen-bond donors (Lipinski definition) is 1. The van der Waals surface area contributed by atoms with Crippen LogP contribution in [0.3, 0.4) is 0 Å². The molecule has 0 bridgehead atoms. The molecule has 0 saturated carbocycles. The minimum atomic E-state index is -0.829. The van der Waals surface area contributed by atoms with Gasteiger partial charge in [-0.05, 0) is 32.0 Å². The molecule has 94 valence electrons. The Morgan fingerprint density at radius 3 is 2.47 bits per heavy atom. The van der Waals surface area contributed by atoms with Gasteiger partial charge in [-0.15, -0.1) is 12.4 Å². The Morgan fingerprint density at radius 1 is 1.12 bits per heavy atom. The third kappa shape index (κ3) is 2.11. The van der Waals surface area contributed by atoms with E-state index in [0.29, 0.717) is 12.2 Å². The molecular weight excluding hydrogens is 248 g/mol. The molecule has 2 aliphatic heterocycles. The van der Waals surface area contributed by atoms with Gasteiger partial charge >= 0.3 is 0 Å². The van der Waals surface area contributed by atoms with Gasteiger partial charge in [0.15, 0.2) is 11.6 Å². The third-order valence-corrected chi connectivity index (χ3v) is 3.46. The first-order valence-electron chi connectivity index (χ1n) is 5.56. The number of hydrogen-bond acceptors (Lipinski definition) is 2. The molecule has 1 spiro atoms. The van der Waals surface area contributed by atoms with Crippen LogP contribution in [0.15, 0.2) is 12.1 Å². The summed E-state index contributed by atoms with van der Waals surface area (Å²) < 4.78 is 32.0. The lowest BCUT2D eigenvalue weighted by Crippen LogP contribution is -2.45. The lowest BCUT2D eigenvalue weighted by atomic mass is 9.88. The molecule has 3 rings (SSSR count). The number of piperidine rings is 1. The zero-order valence-corrected chi connectivity index (χ0v) is 10.1. The monoisotopic (exact) mass is 261 g/mol. The highest BCUT2D eigenvalue weighted by atomic mass is 35.5. The lowest BCUT2D eigenvalue weighted by Gasteiger charge is -2.33. The molecule has 1 aromatic rings. The van der Waals surface area contributed by atoms with Crippen molar-refractivity contribution in [2.24, 2.45) is 0 Å². The molecule has 2 nitrogen and oxygen atoms in total. The molecule has 2 heterocycles. The van der Waals surface area contributed by atoms with Gasteiger partial charge in [-0.2, -0.15) is 0 Å². The summed E-state index contributed by atoms with van der Waals surface area (Å²) in [5.74, 6) is -1.10. The lowest BCUT2D eigenvalue weighted by molar-refractivity contribution is 0.0598. The van der Waals surface area contributed by atoms with Crippen LogP contribution in [0.5, 0.6) is 5.75 Å². The first-order chi connectivity index (χ1) is 7.69. The van der Waals surface area contributed by atoms with Crippen LogP contribution in [0.4, 0.5) is 8.78 Å². The summed E-state index contributed by atoms with van der Waals surface area (Å²) in [6.07, 6.45) is 2.48. The van der Waals surface area contributed by atoms with Crippen molar-refractivity contribution < 1.29 is 13.5 Å². The van der Waals surface area contributed by atoms with E-state index < -0.39 is 11.6 Å². The normalized spacial score (nSPS) is 20.6. The van der Waals surface area contributed by atoms with Crippen molar-refractivity contribution in [3.05, 3.63) is 29.3 Å². The summed E-state index contributed by atoms with van der Waals surface area (Å²) in [7, 11) is 0. The summed E-state index contributed by atoms with van der Waals surface area (Å²) in [6, 6.07) is 2.43. The molecule has 0 aromatic heterocycles. The molecule has 0 unspecified atom stereocenters. The van der Waals surface area contributed by atoms with Crippen molar-refractivity contribution in [2.45, 2.75) is 24.9 Å². The average molecular weight is 262 g/mol. The largest absolute Gasteiger partial charge is 0.486 e. The number of halogens is 3. The zero-order valence-electron chi connectivity index (χ0n) is 9.26. The number of benzene rings is 1. The third-order valence-electron chi connectivity index (χ3n) is 3.46. The van der Waals surface area contributed by atoms with Crippen molar-refractivity contribution in [3.63, 3.8) is 0 Å². The van der Waals surface area contributed by atoms with E-state index in [2.05, 4.69) is 5.32 Å². The smallest absolute Gasteiger partial charge is 0.162 e. The van der Waals surface area contributed by atoms with E-state index in [9.17, 15) is 8.78 Å². The fourth-order valence-corrected chi connectivity index (χ4v) is 2.58. The molecule has 1 N–H and O–H groups in total. The topological polar surface area (TPSA) is 21.3 Å². The predicted molar refractivity (Wildman–Crippen MR) is 62.8 cm³/mol. The summed E-state index contributed by atoms with van der Waals surface area (Å²) in [4.78, 5) is 0. The molecule has 2 aliphatic rings. The van der Waals surface area contributed by atoms with Gasteiger partial charge in [-0.1, -0.05) is 0 Å². The van der Waals surface area contributed by atoms with Crippen LogP contribution >= 0.6 is 12.4 Å². The SMILES string of the molecule is Cl.Fc1cc2c(cc1F)OC1(CCNCC1)C2. The Kier molecular flexibility index (Phi) is 3.27. The molecule has 1 saturated heterocycles. The number of fused-ring (bicyclic) bond motifs is 1. The fraction of sp³-hybridized carbons (Fsp3) is 0.500. The van der Waals surface area contributed by atoms with Gasteiger partial charge in [0.2, 0.25) is 0 Å². The number of nitrogens with one attached hydrogen (secondary N) is 1. The van der Waals surface area contributed by atoms with Gasteiger partial charge in [-0.25, -0.2) is 8.78 Å². The van der Waals surface area contributed by atoms with Gasteiger partial charge < -0.3 is 10.1 Å². The summed E-state index contributed by atoms with van der Waals surface area (Å²) in [6.45, 7) is 1.80. The van der Waals surface area contributed by atoms with E-state index in [1.807, 2.05) is 0 Å². The summed E-state index contributed by atoms with van der Waals surface area (Å²) in [5, 5.41) is 3.26. The quantitative estimate of drug-likeness (QED) is 0.775. The number of rotatable bonds is 0. The first kappa shape index (κ1) is 12.6. The Hall–Kier alpha value is -0.870. The predicted octanol–water partition coefficient (Wildman–Crippen LogP) is 2.44. The maximum absolute atomic E-state index is 13.1. The second-order valence-electron chi connectivity index (χ2n) is 4.59. The van der Waals surface area contributed by atoms with Gasteiger partial charge in [0.1, 0.15) is 11.4 Å².